The van der Waals surface area contributed by atoms with Gasteiger partial charge in [0.25, 0.3) is 0 Å². The van der Waals surface area contributed by atoms with E-state index in [0.29, 0.717) is 40.1 Å². The molecule has 0 amide bonds. The summed E-state index contributed by atoms with van der Waals surface area (Å²) in [5.41, 5.74) is 3.31. The molecule has 0 radical (unpaired) electrons. The SMILES string of the molecule is Cc1cn2cc(Nc3n[nH]c4cc(N5C[C@@H](C)N[C@H](C)C5)cc(F)c34)cc(O)c2n1. The highest BCUT2D eigenvalue weighted by Gasteiger charge is 2.23. The van der Waals surface area contributed by atoms with Crippen molar-refractivity contribution >= 4 is 33.7 Å². The molecule has 4 aromatic rings. The fourth-order valence-corrected chi connectivity index (χ4v) is 4.31. The second-order valence-electron chi connectivity index (χ2n) is 8.15. The summed E-state index contributed by atoms with van der Waals surface area (Å²) < 4.78 is 16.8. The Morgan fingerprint density at radius 1 is 1.17 bits per heavy atom. The highest BCUT2D eigenvalue weighted by atomic mass is 19.1. The maximum absolute atomic E-state index is 15.1. The number of halogens is 1. The first kappa shape index (κ1) is 18.7. The normalized spacial score (nSPS) is 19.7. The van der Waals surface area contributed by atoms with Gasteiger partial charge in [-0.3, -0.25) is 5.10 Å². The summed E-state index contributed by atoms with van der Waals surface area (Å²) in [6.07, 6.45) is 3.59. The molecule has 5 rings (SSSR count). The summed E-state index contributed by atoms with van der Waals surface area (Å²) in [4.78, 5) is 6.46. The molecule has 0 bridgehead atoms. The summed E-state index contributed by atoms with van der Waals surface area (Å²) in [6, 6.07) is 5.72. The number of anilines is 3. The lowest BCUT2D eigenvalue weighted by Crippen LogP contribution is -2.54. The smallest absolute Gasteiger partial charge is 0.179 e. The van der Waals surface area contributed by atoms with E-state index in [4.69, 9.17) is 0 Å². The Bertz CT molecular complexity index is 1240. The topological polar surface area (TPSA) is 93.5 Å². The monoisotopic (exact) mass is 409 g/mol. The van der Waals surface area contributed by atoms with E-state index in [-0.39, 0.29) is 11.6 Å². The number of nitrogens with zero attached hydrogens (tertiary/aromatic N) is 4. The maximum atomic E-state index is 15.1. The highest BCUT2D eigenvalue weighted by molar-refractivity contribution is 5.94. The summed E-state index contributed by atoms with van der Waals surface area (Å²) in [5.74, 6) is 0.0608. The van der Waals surface area contributed by atoms with Crippen molar-refractivity contribution < 1.29 is 9.50 Å². The summed E-state index contributed by atoms with van der Waals surface area (Å²) in [7, 11) is 0. The van der Waals surface area contributed by atoms with Crippen LogP contribution in [0, 0.1) is 12.7 Å². The number of pyridine rings is 1. The number of benzene rings is 1. The fourth-order valence-electron chi connectivity index (χ4n) is 4.31. The molecular weight excluding hydrogens is 385 g/mol. The van der Waals surface area contributed by atoms with Gasteiger partial charge in [-0.1, -0.05) is 0 Å². The molecule has 4 N–H and O–H groups in total. The Balaban J connectivity index is 1.49. The number of aromatic amines is 1. The predicted octanol–water partition coefficient (Wildman–Crippen LogP) is 3.29. The third-order valence-electron chi connectivity index (χ3n) is 5.44. The number of aromatic nitrogens is 4. The Morgan fingerprint density at radius 3 is 2.70 bits per heavy atom. The van der Waals surface area contributed by atoms with E-state index in [1.165, 1.54) is 0 Å². The number of fused-ring (bicyclic) bond motifs is 2. The molecule has 1 fully saturated rings. The minimum absolute atomic E-state index is 0.0395. The van der Waals surface area contributed by atoms with Gasteiger partial charge in [-0.2, -0.15) is 5.10 Å². The van der Waals surface area contributed by atoms with Crippen LogP contribution in [-0.4, -0.2) is 49.9 Å². The number of hydrogen-bond acceptors (Lipinski definition) is 6. The number of aryl methyl sites for hydroxylation is 1. The molecule has 1 saturated heterocycles. The zero-order chi connectivity index (χ0) is 21.0. The van der Waals surface area contributed by atoms with E-state index in [0.717, 1.165) is 24.5 Å². The minimum Gasteiger partial charge on any atom is -0.504 e. The van der Waals surface area contributed by atoms with Crippen LogP contribution in [0.2, 0.25) is 0 Å². The van der Waals surface area contributed by atoms with Crippen molar-refractivity contribution in [2.75, 3.05) is 23.3 Å². The van der Waals surface area contributed by atoms with Gasteiger partial charge in [0, 0.05) is 49.3 Å². The number of hydrogen-bond donors (Lipinski definition) is 4. The molecule has 1 aromatic carbocycles. The van der Waals surface area contributed by atoms with Crippen molar-refractivity contribution in [1.82, 2.24) is 24.9 Å². The second-order valence-corrected chi connectivity index (χ2v) is 8.15. The van der Waals surface area contributed by atoms with Crippen LogP contribution in [0.25, 0.3) is 16.6 Å². The van der Waals surface area contributed by atoms with Crippen molar-refractivity contribution in [2.45, 2.75) is 32.9 Å². The molecule has 0 spiro atoms. The highest BCUT2D eigenvalue weighted by Crippen LogP contribution is 2.32. The first-order valence-corrected chi connectivity index (χ1v) is 10.0. The molecule has 0 unspecified atom stereocenters. The zero-order valence-electron chi connectivity index (χ0n) is 17.1. The number of rotatable bonds is 3. The van der Waals surface area contributed by atoms with Crippen LogP contribution in [0.5, 0.6) is 5.75 Å². The van der Waals surface area contributed by atoms with Gasteiger partial charge in [-0.05, 0) is 32.9 Å². The molecule has 2 atom stereocenters. The van der Waals surface area contributed by atoms with E-state index < -0.39 is 0 Å². The van der Waals surface area contributed by atoms with Crippen LogP contribution in [-0.2, 0) is 0 Å². The van der Waals surface area contributed by atoms with Gasteiger partial charge in [0.05, 0.1) is 22.3 Å². The molecule has 0 saturated carbocycles. The lowest BCUT2D eigenvalue weighted by Gasteiger charge is -2.37. The van der Waals surface area contributed by atoms with Crippen molar-refractivity contribution in [1.29, 1.82) is 0 Å². The molecule has 9 heteroatoms. The molecule has 1 aliphatic rings. The van der Waals surface area contributed by atoms with Crippen LogP contribution in [0.1, 0.15) is 19.5 Å². The van der Waals surface area contributed by atoms with Gasteiger partial charge in [0.2, 0.25) is 0 Å². The third kappa shape index (κ3) is 3.21. The lowest BCUT2D eigenvalue weighted by molar-refractivity contribution is 0.407. The Labute approximate surface area is 172 Å². The molecule has 4 heterocycles. The van der Waals surface area contributed by atoms with E-state index in [1.54, 1.807) is 22.7 Å². The van der Waals surface area contributed by atoms with E-state index >= 15 is 4.39 Å². The van der Waals surface area contributed by atoms with E-state index in [1.807, 2.05) is 19.2 Å². The third-order valence-corrected chi connectivity index (χ3v) is 5.44. The van der Waals surface area contributed by atoms with Gasteiger partial charge in [0.1, 0.15) is 5.82 Å². The Hall–Kier alpha value is -3.33. The molecule has 156 valence electrons. The van der Waals surface area contributed by atoms with E-state index in [9.17, 15) is 5.11 Å². The van der Waals surface area contributed by atoms with Gasteiger partial charge < -0.3 is 25.0 Å². The van der Waals surface area contributed by atoms with Crippen LogP contribution < -0.4 is 15.5 Å². The van der Waals surface area contributed by atoms with Crippen molar-refractivity contribution in [3.8, 4) is 5.75 Å². The maximum Gasteiger partial charge on any atom is 0.179 e. The summed E-state index contributed by atoms with van der Waals surface area (Å²) >= 11 is 0. The summed E-state index contributed by atoms with van der Waals surface area (Å²) in [5, 5.41) is 24.4. The standard InChI is InChI=1S/C21H24FN7O/c1-11-7-28(8-12(2)23-11)15-5-16(22)19-17(6-15)26-27-20(19)25-14-4-18(30)21-24-13(3)9-29(21)10-14/h4-6,9-12,23,30H,7-8H2,1-3H3,(H2,25,26,27)/t11-,12-/m1/s1. The zero-order valence-corrected chi connectivity index (χ0v) is 17.1. The van der Waals surface area contributed by atoms with Crippen LogP contribution in [0.4, 0.5) is 21.6 Å². The average Bonchev–Trinajstić information content (AvgIpc) is 3.24. The van der Waals surface area contributed by atoms with Crippen molar-refractivity contribution in [3.63, 3.8) is 0 Å². The van der Waals surface area contributed by atoms with Crippen LogP contribution in [0.3, 0.4) is 0 Å². The number of aromatic hydroxyl groups is 1. The first-order chi connectivity index (χ1) is 14.4. The largest absolute Gasteiger partial charge is 0.504 e. The molecule has 3 aromatic heterocycles. The van der Waals surface area contributed by atoms with Crippen LogP contribution in [0.15, 0.2) is 30.6 Å². The molecule has 30 heavy (non-hydrogen) atoms. The minimum atomic E-state index is -0.346. The number of imidazole rings is 1. The van der Waals surface area contributed by atoms with E-state index in [2.05, 4.69) is 44.6 Å². The molecular formula is C21H24FN7O. The Morgan fingerprint density at radius 2 is 1.93 bits per heavy atom. The average molecular weight is 409 g/mol. The predicted molar refractivity (Wildman–Crippen MR) is 115 cm³/mol. The number of H-pyrrole nitrogens is 1. The molecule has 8 nitrogen and oxygen atoms in total. The lowest BCUT2D eigenvalue weighted by atomic mass is 10.1. The summed E-state index contributed by atoms with van der Waals surface area (Å²) in [6.45, 7) is 7.75. The van der Waals surface area contributed by atoms with Gasteiger partial charge in [-0.25, -0.2) is 9.37 Å². The number of piperazine rings is 1. The first-order valence-electron chi connectivity index (χ1n) is 10.0. The Kier molecular flexibility index (Phi) is 4.28. The van der Waals surface area contributed by atoms with Crippen molar-refractivity contribution in [3.05, 3.63) is 42.1 Å². The van der Waals surface area contributed by atoms with Gasteiger partial charge >= 0.3 is 0 Å². The van der Waals surface area contributed by atoms with Crippen molar-refractivity contribution in [2.24, 2.45) is 0 Å². The fraction of sp³-hybridized carbons (Fsp3) is 0.333. The molecule has 0 aliphatic carbocycles. The molecule has 1 aliphatic heterocycles. The van der Waals surface area contributed by atoms with Gasteiger partial charge in [0.15, 0.2) is 17.2 Å². The number of nitrogens with one attached hydrogen (secondary N) is 3. The van der Waals surface area contributed by atoms with Crippen LogP contribution >= 0.6 is 0 Å². The second kappa shape index (κ2) is 6.88. The quantitative estimate of drug-likeness (QED) is 0.415. The van der Waals surface area contributed by atoms with Gasteiger partial charge in [-0.15, -0.1) is 0 Å².